The zero-order chi connectivity index (χ0) is 16.7. The molecule has 2 heterocycles. The van der Waals surface area contributed by atoms with E-state index in [9.17, 15) is 9.18 Å². The predicted molar refractivity (Wildman–Crippen MR) is 89.5 cm³/mol. The fourth-order valence-corrected chi connectivity index (χ4v) is 3.33. The number of primary amides is 1. The number of hydrogen-bond acceptors (Lipinski definition) is 3. The van der Waals surface area contributed by atoms with Crippen LogP contribution in [0.15, 0.2) is 42.7 Å². The number of imidazole rings is 1. The molecule has 1 atom stereocenters. The first kappa shape index (κ1) is 14.8. The van der Waals surface area contributed by atoms with Gasteiger partial charge in [0.05, 0.1) is 16.8 Å². The summed E-state index contributed by atoms with van der Waals surface area (Å²) in [7, 11) is 0. The van der Waals surface area contributed by atoms with Crippen LogP contribution in [0.5, 0.6) is 0 Å². The number of aromatic nitrogens is 2. The van der Waals surface area contributed by atoms with Crippen LogP contribution < -0.4 is 11.1 Å². The molecule has 1 unspecified atom stereocenters. The van der Waals surface area contributed by atoms with Crippen molar-refractivity contribution in [2.24, 2.45) is 5.73 Å². The highest BCUT2D eigenvalue weighted by molar-refractivity contribution is 6.04. The third-order valence-corrected chi connectivity index (χ3v) is 4.54. The minimum absolute atomic E-state index is 0.217. The topological polar surface area (TPSA) is 72.9 Å². The Morgan fingerprint density at radius 3 is 2.92 bits per heavy atom. The van der Waals surface area contributed by atoms with Crippen LogP contribution in [-0.2, 0) is 0 Å². The molecule has 2 aromatic carbocycles. The van der Waals surface area contributed by atoms with Gasteiger partial charge in [0.2, 0.25) is 0 Å². The fourth-order valence-electron chi connectivity index (χ4n) is 3.33. The van der Waals surface area contributed by atoms with E-state index in [-0.39, 0.29) is 11.9 Å². The van der Waals surface area contributed by atoms with E-state index in [1.165, 1.54) is 6.33 Å². The summed E-state index contributed by atoms with van der Waals surface area (Å²) in [6, 6.07) is 10.6. The summed E-state index contributed by atoms with van der Waals surface area (Å²) >= 11 is 0. The molecule has 0 bridgehead atoms. The van der Waals surface area contributed by atoms with Gasteiger partial charge >= 0.3 is 0 Å². The first-order valence-corrected chi connectivity index (χ1v) is 7.94. The van der Waals surface area contributed by atoms with E-state index in [4.69, 9.17) is 5.73 Å². The lowest BCUT2D eigenvalue weighted by Crippen LogP contribution is -2.13. The number of benzene rings is 2. The van der Waals surface area contributed by atoms with Crippen LogP contribution in [0.3, 0.4) is 0 Å². The van der Waals surface area contributed by atoms with E-state index < -0.39 is 5.91 Å². The first-order valence-electron chi connectivity index (χ1n) is 7.94. The predicted octanol–water partition coefficient (Wildman–Crippen LogP) is 2.69. The van der Waals surface area contributed by atoms with E-state index in [1.807, 2.05) is 6.07 Å². The maximum atomic E-state index is 14.7. The summed E-state index contributed by atoms with van der Waals surface area (Å²) in [5.74, 6) is -0.862. The Morgan fingerprint density at radius 2 is 2.21 bits per heavy atom. The largest absolute Gasteiger partial charge is 0.366 e. The summed E-state index contributed by atoms with van der Waals surface area (Å²) in [5.41, 5.74) is 8.20. The molecule has 0 saturated carbocycles. The lowest BCUT2D eigenvalue weighted by Gasteiger charge is -2.13. The van der Waals surface area contributed by atoms with Crippen molar-refractivity contribution in [1.82, 2.24) is 14.9 Å². The lowest BCUT2D eigenvalue weighted by atomic mass is 10.0. The molecule has 4 rings (SSSR count). The third-order valence-electron chi connectivity index (χ3n) is 4.54. The normalized spacial score (nSPS) is 17.5. The van der Waals surface area contributed by atoms with Gasteiger partial charge in [-0.15, -0.1) is 0 Å². The van der Waals surface area contributed by atoms with Gasteiger partial charge in [0.25, 0.3) is 5.91 Å². The molecule has 3 aromatic rings. The average molecular weight is 324 g/mol. The SMILES string of the molecule is NC(=O)c1cccc2c1ncn2-c1ccc(C2CCCN2)cc1F. The minimum atomic E-state index is -0.547. The molecular formula is C18H17FN4O. The molecule has 1 fully saturated rings. The molecule has 1 aliphatic heterocycles. The van der Waals surface area contributed by atoms with Crippen LogP contribution in [0.25, 0.3) is 16.7 Å². The summed E-state index contributed by atoms with van der Waals surface area (Å²) in [4.78, 5) is 15.8. The Bertz CT molecular complexity index is 928. The number of nitrogens with two attached hydrogens (primary N) is 1. The number of para-hydroxylation sites is 1. The van der Waals surface area contributed by atoms with E-state index in [2.05, 4.69) is 10.3 Å². The second-order valence-corrected chi connectivity index (χ2v) is 6.01. The van der Waals surface area contributed by atoms with Crippen LogP contribution in [0.4, 0.5) is 4.39 Å². The van der Waals surface area contributed by atoms with E-state index in [1.54, 1.807) is 34.9 Å². The number of halogens is 1. The fraction of sp³-hybridized carbons (Fsp3) is 0.222. The van der Waals surface area contributed by atoms with Crippen LogP contribution in [0, 0.1) is 5.82 Å². The van der Waals surface area contributed by atoms with Crippen molar-refractivity contribution in [3.63, 3.8) is 0 Å². The summed E-state index contributed by atoms with van der Waals surface area (Å²) in [5, 5.41) is 3.37. The van der Waals surface area contributed by atoms with Gasteiger partial charge in [-0.1, -0.05) is 12.1 Å². The smallest absolute Gasteiger partial charge is 0.250 e. The van der Waals surface area contributed by atoms with E-state index in [0.717, 1.165) is 24.9 Å². The lowest BCUT2D eigenvalue weighted by molar-refractivity contribution is 0.100. The monoisotopic (exact) mass is 324 g/mol. The van der Waals surface area contributed by atoms with Gasteiger partial charge in [0.1, 0.15) is 17.7 Å². The van der Waals surface area contributed by atoms with E-state index in [0.29, 0.717) is 22.3 Å². The first-order chi connectivity index (χ1) is 11.6. The highest BCUT2D eigenvalue weighted by atomic mass is 19.1. The molecule has 1 aromatic heterocycles. The summed E-state index contributed by atoms with van der Waals surface area (Å²) < 4.78 is 16.3. The maximum Gasteiger partial charge on any atom is 0.250 e. The number of carbonyl (C=O) groups is 1. The van der Waals surface area contributed by atoms with Crippen LogP contribution in [0.2, 0.25) is 0 Å². The molecule has 122 valence electrons. The second kappa shape index (κ2) is 5.72. The Hall–Kier alpha value is -2.73. The Kier molecular flexibility index (Phi) is 3.54. The Morgan fingerprint density at radius 1 is 1.33 bits per heavy atom. The number of nitrogens with one attached hydrogen (secondary N) is 1. The highest BCUT2D eigenvalue weighted by Gasteiger charge is 2.19. The number of carbonyl (C=O) groups excluding carboxylic acids is 1. The molecule has 1 saturated heterocycles. The van der Waals surface area contributed by atoms with Crippen LogP contribution in [0.1, 0.15) is 34.8 Å². The van der Waals surface area contributed by atoms with Crippen molar-refractivity contribution >= 4 is 16.9 Å². The molecule has 1 amide bonds. The molecule has 0 spiro atoms. The zero-order valence-corrected chi connectivity index (χ0v) is 13.0. The Labute approximate surface area is 138 Å². The molecule has 5 nitrogen and oxygen atoms in total. The van der Waals surface area contributed by atoms with Crippen LogP contribution >= 0.6 is 0 Å². The van der Waals surface area contributed by atoms with Crippen molar-refractivity contribution in [1.29, 1.82) is 0 Å². The van der Waals surface area contributed by atoms with Gasteiger partial charge in [-0.3, -0.25) is 9.36 Å². The molecule has 0 radical (unpaired) electrons. The quantitative estimate of drug-likeness (QED) is 0.778. The van der Waals surface area contributed by atoms with Gasteiger partial charge in [0, 0.05) is 6.04 Å². The molecule has 24 heavy (non-hydrogen) atoms. The molecule has 3 N–H and O–H groups in total. The third kappa shape index (κ3) is 2.35. The summed E-state index contributed by atoms with van der Waals surface area (Å²) in [6.45, 7) is 0.968. The van der Waals surface area contributed by atoms with Crippen molar-refractivity contribution in [3.8, 4) is 5.69 Å². The van der Waals surface area contributed by atoms with Crippen molar-refractivity contribution in [3.05, 3.63) is 59.7 Å². The molecular weight excluding hydrogens is 307 g/mol. The standard InChI is InChI=1S/C18H17FN4O/c19-13-9-11(14-4-2-8-21-14)6-7-15(13)23-10-22-17-12(18(20)24)3-1-5-16(17)23/h1,3,5-7,9-10,14,21H,2,4,8H2,(H2,20,24). The van der Waals surface area contributed by atoms with Crippen molar-refractivity contribution in [2.75, 3.05) is 6.54 Å². The number of hydrogen-bond donors (Lipinski definition) is 2. The minimum Gasteiger partial charge on any atom is -0.366 e. The zero-order valence-electron chi connectivity index (χ0n) is 13.0. The molecule has 1 aliphatic rings. The van der Waals surface area contributed by atoms with Crippen LogP contribution in [-0.4, -0.2) is 22.0 Å². The van der Waals surface area contributed by atoms with Gasteiger partial charge < -0.3 is 11.1 Å². The average Bonchev–Trinajstić information content (AvgIpc) is 3.24. The van der Waals surface area contributed by atoms with Crippen molar-refractivity contribution in [2.45, 2.75) is 18.9 Å². The summed E-state index contributed by atoms with van der Waals surface area (Å²) in [6.07, 6.45) is 3.65. The second-order valence-electron chi connectivity index (χ2n) is 6.01. The van der Waals surface area contributed by atoms with Gasteiger partial charge in [-0.2, -0.15) is 0 Å². The van der Waals surface area contributed by atoms with E-state index >= 15 is 0 Å². The maximum absolute atomic E-state index is 14.7. The Balaban J connectivity index is 1.80. The number of nitrogens with zero attached hydrogens (tertiary/aromatic N) is 2. The molecule has 6 heteroatoms. The number of fused-ring (bicyclic) bond motifs is 1. The van der Waals surface area contributed by atoms with Gasteiger partial charge in [-0.05, 0) is 49.2 Å². The van der Waals surface area contributed by atoms with Crippen molar-refractivity contribution < 1.29 is 9.18 Å². The van der Waals surface area contributed by atoms with Gasteiger partial charge in [-0.25, -0.2) is 9.37 Å². The highest BCUT2D eigenvalue weighted by Crippen LogP contribution is 2.27. The number of rotatable bonds is 3. The number of amides is 1. The van der Waals surface area contributed by atoms with Gasteiger partial charge in [0.15, 0.2) is 0 Å². The molecule has 0 aliphatic carbocycles.